The van der Waals surface area contributed by atoms with Crippen LogP contribution in [0.15, 0.2) is 24.3 Å². The molecule has 0 spiro atoms. The highest BCUT2D eigenvalue weighted by molar-refractivity contribution is 6.42. The number of nitro groups is 2. The lowest BCUT2D eigenvalue weighted by Crippen LogP contribution is -2.36. The van der Waals surface area contributed by atoms with Crippen molar-refractivity contribution in [1.82, 2.24) is 0 Å². The van der Waals surface area contributed by atoms with E-state index in [2.05, 4.69) is 15.5 Å². The third kappa shape index (κ3) is 6.23. The summed E-state index contributed by atoms with van der Waals surface area (Å²) in [4.78, 5) is 22.5. The number of nitro benzene ring substituents is 2. The van der Waals surface area contributed by atoms with Crippen LogP contribution in [-0.2, 0) is 4.74 Å². The lowest BCUT2D eigenvalue weighted by molar-refractivity contribution is -0.384. The van der Waals surface area contributed by atoms with Crippen LogP contribution in [0.1, 0.15) is 0 Å². The van der Waals surface area contributed by atoms with Gasteiger partial charge in [0.1, 0.15) is 11.4 Å². The van der Waals surface area contributed by atoms with E-state index in [1.165, 1.54) is 18.2 Å². The monoisotopic (exact) mass is 491 g/mol. The summed E-state index contributed by atoms with van der Waals surface area (Å²) in [6.45, 7) is 2.76. The van der Waals surface area contributed by atoms with E-state index in [0.717, 1.165) is 18.8 Å². The summed E-state index contributed by atoms with van der Waals surface area (Å²) in [5.41, 5.74) is 1.51. The number of halogens is 3. The summed E-state index contributed by atoms with van der Waals surface area (Å²) < 4.78 is 5.27. The average Bonchev–Trinajstić information content (AvgIpc) is 2.76. The van der Waals surface area contributed by atoms with Gasteiger partial charge in [-0.3, -0.25) is 20.2 Å². The van der Waals surface area contributed by atoms with Crippen molar-refractivity contribution in [2.75, 3.05) is 55.9 Å². The Morgan fingerprint density at radius 1 is 0.839 bits per heavy atom. The molecule has 0 unspecified atom stereocenters. The Bertz CT molecular complexity index is 970. The van der Waals surface area contributed by atoms with Gasteiger partial charge in [-0.25, -0.2) is 0 Å². The standard InChI is InChI=1S/C11H14ClN3O3.C7H6Cl2N2O2/c1-13-9-7-10(14-2-4-18-5-3-14)8(12)6-11(9)15(16)17;1-10-6-2-4(8)5(9)3-7(6)11(12)13/h6-7,13H,2-5H2,1H3;2-3,10H,1H3. The van der Waals surface area contributed by atoms with E-state index in [-0.39, 0.29) is 21.4 Å². The first kappa shape index (κ1) is 24.7. The van der Waals surface area contributed by atoms with Gasteiger partial charge in [-0.2, -0.15) is 0 Å². The van der Waals surface area contributed by atoms with Crippen LogP contribution in [0.2, 0.25) is 15.1 Å². The quantitative estimate of drug-likeness (QED) is 0.438. The van der Waals surface area contributed by atoms with Gasteiger partial charge in [0.25, 0.3) is 11.4 Å². The second-order valence-corrected chi connectivity index (χ2v) is 7.44. The van der Waals surface area contributed by atoms with Gasteiger partial charge < -0.3 is 20.3 Å². The van der Waals surface area contributed by atoms with Crippen LogP contribution >= 0.6 is 34.8 Å². The highest BCUT2D eigenvalue weighted by Gasteiger charge is 2.21. The Labute approximate surface area is 193 Å². The van der Waals surface area contributed by atoms with Crippen molar-refractivity contribution in [3.63, 3.8) is 0 Å². The Hall–Kier alpha value is -2.53. The van der Waals surface area contributed by atoms with Crippen molar-refractivity contribution in [3.05, 3.63) is 59.6 Å². The van der Waals surface area contributed by atoms with Crippen molar-refractivity contribution in [2.24, 2.45) is 0 Å². The number of nitrogens with zero attached hydrogens (tertiary/aromatic N) is 3. The Morgan fingerprint density at radius 2 is 1.29 bits per heavy atom. The smallest absolute Gasteiger partial charge is 0.293 e. The molecule has 3 rings (SSSR count). The number of anilines is 3. The van der Waals surface area contributed by atoms with E-state index < -0.39 is 9.85 Å². The Kier molecular flexibility index (Phi) is 8.93. The molecule has 0 radical (unpaired) electrons. The topological polar surface area (TPSA) is 123 Å². The minimum Gasteiger partial charge on any atom is -0.383 e. The van der Waals surface area contributed by atoms with E-state index in [9.17, 15) is 20.2 Å². The van der Waals surface area contributed by atoms with Crippen molar-refractivity contribution in [1.29, 1.82) is 0 Å². The van der Waals surface area contributed by atoms with Gasteiger partial charge in [-0.05, 0) is 12.1 Å². The maximum absolute atomic E-state index is 10.9. The predicted molar refractivity (Wildman–Crippen MR) is 123 cm³/mol. The molecule has 1 aliphatic heterocycles. The third-order valence-electron chi connectivity index (χ3n) is 4.39. The summed E-state index contributed by atoms with van der Waals surface area (Å²) in [6.07, 6.45) is 0. The number of morpholine rings is 1. The summed E-state index contributed by atoms with van der Waals surface area (Å²) in [5.74, 6) is 0. The van der Waals surface area contributed by atoms with Crippen molar-refractivity contribution < 1.29 is 14.6 Å². The minimum atomic E-state index is -0.520. The second-order valence-electron chi connectivity index (χ2n) is 6.22. The molecule has 31 heavy (non-hydrogen) atoms. The average molecular weight is 493 g/mol. The number of nitrogens with one attached hydrogen (secondary N) is 2. The zero-order valence-electron chi connectivity index (χ0n) is 16.7. The molecule has 0 aromatic heterocycles. The summed E-state index contributed by atoms with van der Waals surface area (Å²) in [6, 6.07) is 5.74. The Morgan fingerprint density at radius 3 is 1.77 bits per heavy atom. The van der Waals surface area contributed by atoms with Crippen LogP contribution in [-0.4, -0.2) is 50.2 Å². The lowest BCUT2D eigenvalue weighted by atomic mass is 10.2. The SMILES string of the molecule is CNc1cc(Cl)c(Cl)cc1[N+](=O)[O-].CNc1cc(N2CCOCC2)c(Cl)cc1[N+](=O)[O-]. The normalized spacial score (nSPS) is 13.1. The van der Waals surface area contributed by atoms with Gasteiger partial charge >= 0.3 is 0 Å². The maximum atomic E-state index is 10.9. The third-order valence-corrected chi connectivity index (χ3v) is 5.41. The summed E-state index contributed by atoms with van der Waals surface area (Å²) in [5, 5.41) is 27.7. The van der Waals surface area contributed by atoms with E-state index in [4.69, 9.17) is 39.5 Å². The number of benzene rings is 2. The van der Waals surface area contributed by atoms with Crippen LogP contribution in [0.4, 0.5) is 28.4 Å². The first-order valence-electron chi connectivity index (χ1n) is 8.99. The molecule has 0 atom stereocenters. The zero-order valence-corrected chi connectivity index (χ0v) is 18.9. The first-order valence-corrected chi connectivity index (χ1v) is 10.1. The number of rotatable bonds is 5. The van der Waals surface area contributed by atoms with Gasteiger partial charge in [0.15, 0.2) is 0 Å². The number of ether oxygens (including phenoxy) is 1. The predicted octanol–water partition coefficient (Wildman–Crippen LogP) is 5.07. The fourth-order valence-corrected chi connectivity index (χ4v) is 3.44. The molecule has 2 N–H and O–H groups in total. The molecule has 13 heteroatoms. The van der Waals surface area contributed by atoms with Crippen LogP contribution < -0.4 is 15.5 Å². The number of hydrogen-bond acceptors (Lipinski definition) is 8. The highest BCUT2D eigenvalue weighted by Crippen LogP contribution is 2.36. The van der Waals surface area contributed by atoms with Crippen molar-refractivity contribution in [2.45, 2.75) is 0 Å². The van der Waals surface area contributed by atoms with Gasteiger partial charge in [0, 0.05) is 39.3 Å². The highest BCUT2D eigenvalue weighted by atomic mass is 35.5. The van der Waals surface area contributed by atoms with E-state index in [0.29, 0.717) is 29.6 Å². The molecule has 0 aliphatic carbocycles. The van der Waals surface area contributed by atoms with Gasteiger partial charge in [-0.1, -0.05) is 34.8 Å². The first-order chi connectivity index (χ1) is 14.7. The van der Waals surface area contributed by atoms with Crippen LogP contribution in [0.25, 0.3) is 0 Å². The van der Waals surface area contributed by atoms with E-state index >= 15 is 0 Å². The molecule has 1 aliphatic rings. The van der Waals surface area contributed by atoms with Crippen LogP contribution in [0.5, 0.6) is 0 Å². The summed E-state index contributed by atoms with van der Waals surface area (Å²) >= 11 is 17.4. The molecule has 10 nitrogen and oxygen atoms in total. The molecular formula is C18H20Cl3N5O5. The molecule has 1 heterocycles. The van der Waals surface area contributed by atoms with E-state index in [1.807, 2.05) is 0 Å². The molecular weight excluding hydrogens is 473 g/mol. The largest absolute Gasteiger partial charge is 0.383 e. The van der Waals surface area contributed by atoms with Crippen molar-refractivity contribution in [3.8, 4) is 0 Å². The van der Waals surface area contributed by atoms with Crippen LogP contribution in [0, 0.1) is 20.2 Å². The maximum Gasteiger partial charge on any atom is 0.293 e. The molecule has 1 saturated heterocycles. The minimum absolute atomic E-state index is 0.0143. The lowest BCUT2D eigenvalue weighted by Gasteiger charge is -2.29. The van der Waals surface area contributed by atoms with Crippen molar-refractivity contribution >= 4 is 63.2 Å². The molecule has 0 amide bonds. The van der Waals surface area contributed by atoms with Crippen LogP contribution in [0.3, 0.4) is 0 Å². The van der Waals surface area contributed by atoms with E-state index in [1.54, 1.807) is 20.2 Å². The molecule has 2 aromatic rings. The molecule has 168 valence electrons. The zero-order chi connectivity index (χ0) is 23.1. The summed E-state index contributed by atoms with van der Waals surface area (Å²) in [7, 11) is 3.23. The van der Waals surface area contributed by atoms with Gasteiger partial charge in [-0.15, -0.1) is 0 Å². The van der Waals surface area contributed by atoms with Gasteiger partial charge in [0.2, 0.25) is 0 Å². The van der Waals surface area contributed by atoms with Gasteiger partial charge in [0.05, 0.1) is 43.8 Å². The number of hydrogen-bond donors (Lipinski definition) is 2. The second kappa shape index (κ2) is 11.2. The molecule has 2 aromatic carbocycles. The molecule has 0 saturated carbocycles. The molecule has 0 bridgehead atoms. The fraction of sp³-hybridized carbons (Fsp3) is 0.333. The molecule has 1 fully saturated rings. The fourth-order valence-electron chi connectivity index (χ4n) is 2.84. The Balaban J connectivity index is 0.000000233.